The Morgan fingerprint density at radius 3 is 3.00 bits per heavy atom. The zero-order valence-corrected chi connectivity index (χ0v) is 10.9. The molecule has 3 rings (SSSR count). The largest absolute Gasteiger partial charge is 0.392 e. The monoisotopic (exact) mass is 264 g/mol. The van der Waals surface area contributed by atoms with Crippen molar-refractivity contribution in [1.29, 1.82) is 0 Å². The molecule has 0 amide bonds. The highest BCUT2D eigenvalue weighted by Crippen LogP contribution is 2.32. The van der Waals surface area contributed by atoms with E-state index in [1.807, 2.05) is 17.5 Å². The fourth-order valence-electron chi connectivity index (χ4n) is 2.47. The van der Waals surface area contributed by atoms with Crippen LogP contribution in [0.1, 0.15) is 43.9 Å². The number of hydrogen-bond acceptors (Lipinski definition) is 5. The molecule has 0 bridgehead atoms. The quantitative estimate of drug-likeness (QED) is 0.846. The Morgan fingerprint density at radius 1 is 1.28 bits per heavy atom. The summed E-state index contributed by atoms with van der Waals surface area (Å²) in [5, 5.41) is 16.1. The van der Waals surface area contributed by atoms with Crippen molar-refractivity contribution in [2.75, 3.05) is 0 Å². The lowest BCUT2D eigenvalue weighted by molar-refractivity contribution is 0.119. The van der Waals surface area contributed by atoms with Crippen LogP contribution in [0.15, 0.2) is 22.0 Å². The van der Waals surface area contributed by atoms with Crippen LogP contribution in [0.2, 0.25) is 0 Å². The zero-order valence-electron chi connectivity index (χ0n) is 10.1. The molecule has 0 aliphatic heterocycles. The third kappa shape index (κ3) is 2.33. The van der Waals surface area contributed by atoms with Crippen LogP contribution in [-0.4, -0.2) is 21.4 Å². The van der Waals surface area contributed by atoms with Crippen LogP contribution in [0.5, 0.6) is 0 Å². The molecule has 1 aliphatic rings. The van der Waals surface area contributed by atoms with Gasteiger partial charge in [0, 0.05) is 0 Å². The van der Waals surface area contributed by atoms with Gasteiger partial charge in [0.05, 0.1) is 16.9 Å². The van der Waals surface area contributed by atoms with Gasteiger partial charge in [-0.05, 0) is 24.3 Å². The van der Waals surface area contributed by atoms with Crippen molar-refractivity contribution < 1.29 is 9.63 Å². The summed E-state index contributed by atoms with van der Waals surface area (Å²) < 4.78 is 5.34. The van der Waals surface area contributed by atoms with Crippen molar-refractivity contribution in [3.05, 3.63) is 23.4 Å². The fourth-order valence-corrected chi connectivity index (χ4v) is 3.12. The van der Waals surface area contributed by atoms with Gasteiger partial charge in [-0.25, -0.2) is 0 Å². The van der Waals surface area contributed by atoms with Crippen LogP contribution in [0, 0.1) is 0 Å². The molecule has 4 nitrogen and oxygen atoms in total. The second-order valence-corrected chi connectivity index (χ2v) is 5.69. The van der Waals surface area contributed by atoms with Gasteiger partial charge in [0.2, 0.25) is 11.7 Å². The summed E-state index contributed by atoms with van der Waals surface area (Å²) in [4.78, 5) is 5.45. The number of thiophene rings is 1. The number of aliphatic hydroxyl groups is 1. The topological polar surface area (TPSA) is 59.2 Å². The lowest BCUT2D eigenvalue weighted by Crippen LogP contribution is -2.17. The van der Waals surface area contributed by atoms with E-state index in [0.29, 0.717) is 11.7 Å². The van der Waals surface area contributed by atoms with Crippen molar-refractivity contribution in [2.45, 2.75) is 44.1 Å². The molecule has 2 unspecified atom stereocenters. The molecule has 2 aromatic rings. The number of aromatic nitrogens is 2. The highest BCUT2D eigenvalue weighted by atomic mass is 32.1. The lowest BCUT2D eigenvalue weighted by Gasteiger charge is -2.15. The average Bonchev–Trinajstić information content (AvgIpc) is 3.00. The van der Waals surface area contributed by atoms with E-state index in [1.165, 1.54) is 6.42 Å². The maximum atomic E-state index is 10.1. The fraction of sp³-hybridized carbons (Fsp3) is 0.538. The van der Waals surface area contributed by atoms with Crippen LogP contribution in [-0.2, 0) is 0 Å². The third-order valence-corrected chi connectivity index (χ3v) is 4.35. The first-order valence-electron chi connectivity index (χ1n) is 6.40. The van der Waals surface area contributed by atoms with Crippen molar-refractivity contribution in [1.82, 2.24) is 10.1 Å². The second kappa shape index (κ2) is 5.20. The summed E-state index contributed by atoms with van der Waals surface area (Å²) >= 11 is 1.59. The summed E-state index contributed by atoms with van der Waals surface area (Å²) in [7, 11) is 0. The first kappa shape index (κ1) is 11.9. The average molecular weight is 264 g/mol. The van der Waals surface area contributed by atoms with E-state index in [9.17, 15) is 5.11 Å². The summed E-state index contributed by atoms with van der Waals surface area (Å²) in [5.74, 6) is 1.23. The Labute approximate surface area is 110 Å². The SMILES string of the molecule is OC1CCCCCC1c1nc(-c2cccs2)no1. The van der Waals surface area contributed by atoms with E-state index in [1.54, 1.807) is 11.3 Å². The van der Waals surface area contributed by atoms with Gasteiger partial charge in [-0.1, -0.05) is 30.5 Å². The molecule has 1 N–H and O–H groups in total. The predicted octanol–water partition coefficient (Wildman–Crippen LogP) is 3.21. The standard InChI is InChI=1S/C13H16N2O2S/c16-10-6-3-1-2-5-9(10)13-14-12(15-17-13)11-7-4-8-18-11/h4,7-10,16H,1-3,5-6H2. The van der Waals surface area contributed by atoms with E-state index in [-0.39, 0.29) is 12.0 Å². The maximum Gasteiger partial charge on any atom is 0.232 e. The molecule has 1 aliphatic carbocycles. The van der Waals surface area contributed by atoms with E-state index >= 15 is 0 Å². The number of aliphatic hydroxyl groups excluding tert-OH is 1. The molecule has 0 spiro atoms. The van der Waals surface area contributed by atoms with Crippen molar-refractivity contribution >= 4 is 11.3 Å². The normalized spacial score (nSPS) is 24.9. The van der Waals surface area contributed by atoms with Crippen molar-refractivity contribution in [3.8, 4) is 10.7 Å². The van der Waals surface area contributed by atoms with Gasteiger partial charge in [0.15, 0.2) is 0 Å². The van der Waals surface area contributed by atoms with Crippen LogP contribution in [0.25, 0.3) is 10.7 Å². The molecule has 0 aromatic carbocycles. The summed E-state index contributed by atoms with van der Waals surface area (Å²) in [6.45, 7) is 0. The molecule has 18 heavy (non-hydrogen) atoms. The van der Waals surface area contributed by atoms with Gasteiger partial charge in [0.1, 0.15) is 0 Å². The van der Waals surface area contributed by atoms with E-state index in [2.05, 4.69) is 10.1 Å². The minimum absolute atomic E-state index is 0.00807. The minimum Gasteiger partial charge on any atom is -0.392 e. The van der Waals surface area contributed by atoms with Gasteiger partial charge >= 0.3 is 0 Å². The second-order valence-electron chi connectivity index (χ2n) is 4.75. The summed E-state index contributed by atoms with van der Waals surface area (Å²) in [5.41, 5.74) is 0. The van der Waals surface area contributed by atoms with Crippen LogP contribution in [0.4, 0.5) is 0 Å². The smallest absolute Gasteiger partial charge is 0.232 e. The molecule has 0 radical (unpaired) electrons. The molecule has 2 atom stereocenters. The van der Waals surface area contributed by atoms with Crippen molar-refractivity contribution in [3.63, 3.8) is 0 Å². The van der Waals surface area contributed by atoms with Gasteiger partial charge in [0.25, 0.3) is 0 Å². The number of rotatable bonds is 2. The molecule has 1 saturated carbocycles. The van der Waals surface area contributed by atoms with E-state index < -0.39 is 0 Å². The minimum atomic E-state index is -0.343. The highest BCUT2D eigenvalue weighted by Gasteiger charge is 2.28. The molecule has 2 aromatic heterocycles. The lowest BCUT2D eigenvalue weighted by atomic mass is 9.97. The van der Waals surface area contributed by atoms with E-state index in [4.69, 9.17) is 4.52 Å². The predicted molar refractivity (Wildman–Crippen MR) is 69.4 cm³/mol. The molecule has 2 heterocycles. The molecule has 5 heteroatoms. The molecule has 0 saturated heterocycles. The molecular formula is C13H16N2O2S. The van der Waals surface area contributed by atoms with Gasteiger partial charge in [-0.2, -0.15) is 4.98 Å². The Hall–Kier alpha value is -1.20. The van der Waals surface area contributed by atoms with Crippen LogP contribution >= 0.6 is 11.3 Å². The van der Waals surface area contributed by atoms with Crippen LogP contribution < -0.4 is 0 Å². The number of nitrogens with zero attached hydrogens (tertiary/aromatic N) is 2. The Bertz CT molecular complexity index is 495. The number of hydrogen-bond donors (Lipinski definition) is 1. The Morgan fingerprint density at radius 2 is 2.17 bits per heavy atom. The molecular weight excluding hydrogens is 248 g/mol. The van der Waals surface area contributed by atoms with E-state index in [0.717, 1.165) is 30.6 Å². The van der Waals surface area contributed by atoms with Gasteiger partial charge in [-0.3, -0.25) is 0 Å². The van der Waals surface area contributed by atoms with Crippen LogP contribution in [0.3, 0.4) is 0 Å². The first-order valence-corrected chi connectivity index (χ1v) is 7.28. The Balaban J connectivity index is 1.83. The first-order chi connectivity index (χ1) is 8.84. The summed E-state index contributed by atoms with van der Waals surface area (Å²) in [6, 6.07) is 3.94. The summed E-state index contributed by atoms with van der Waals surface area (Å²) in [6.07, 6.45) is 4.82. The van der Waals surface area contributed by atoms with Gasteiger partial charge in [-0.15, -0.1) is 11.3 Å². The molecule has 96 valence electrons. The maximum absolute atomic E-state index is 10.1. The Kier molecular flexibility index (Phi) is 3.43. The van der Waals surface area contributed by atoms with Gasteiger partial charge < -0.3 is 9.63 Å². The molecule has 1 fully saturated rings. The third-order valence-electron chi connectivity index (χ3n) is 3.48. The van der Waals surface area contributed by atoms with Crippen molar-refractivity contribution in [2.24, 2.45) is 0 Å². The highest BCUT2D eigenvalue weighted by molar-refractivity contribution is 7.13. The zero-order chi connectivity index (χ0) is 12.4.